The van der Waals surface area contributed by atoms with Crippen LogP contribution in [0.5, 0.6) is 11.5 Å². The molecule has 3 rings (SSSR count). The van der Waals surface area contributed by atoms with Gasteiger partial charge in [0, 0.05) is 20.0 Å². The quantitative estimate of drug-likeness (QED) is 0.706. The fourth-order valence-corrected chi connectivity index (χ4v) is 4.66. The number of piperazine rings is 1. The van der Waals surface area contributed by atoms with Crippen LogP contribution in [-0.2, 0) is 19.6 Å². The van der Waals surface area contributed by atoms with Crippen LogP contribution >= 0.6 is 0 Å². The second kappa shape index (κ2) is 8.01. The molecule has 2 amide bonds. The lowest BCUT2D eigenvalue weighted by Crippen LogP contribution is -2.69. The van der Waals surface area contributed by atoms with Gasteiger partial charge in [0.2, 0.25) is 21.7 Å². The maximum atomic E-state index is 13.1. The van der Waals surface area contributed by atoms with E-state index < -0.39 is 39.9 Å². The number of primary amides is 1. The first kappa shape index (κ1) is 21.7. The third-order valence-corrected chi connectivity index (χ3v) is 6.63. The largest absolute Gasteiger partial charge is 0.457 e. The van der Waals surface area contributed by atoms with Crippen molar-refractivity contribution < 1.29 is 32.2 Å². The molecule has 3 N–H and O–H groups in total. The van der Waals surface area contributed by atoms with Gasteiger partial charge >= 0.3 is 0 Å². The van der Waals surface area contributed by atoms with Crippen LogP contribution in [0.4, 0.5) is 4.39 Å². The zero-order valence-electron chi connectivity index (χ0n) is 16.0. The van der Waals surface area contributed by atoms with Gasteiger partial charge in [-0.1, -0.05) is 0 Å². The summed E-state index contributed by atoms with van der Waals surface area (Å²) in [5.74, 6) is -1.47. The molecule has 1 saturated heterocycles. The molecule has 0 saturated carbocycles. The monoisotopic (exact) mass is 437 g/mol. The molecule has 11 heteroatoms. The number of β-amino-alcohol motifs (C(OH)–C–C–N with tert-alkyl or cyclic N) is 1. The highest BCUT2D eigenvalue weighted by Crippen LogP contribution is 2.29. The molecule has 1 atom stereocenters. The van der Waals surface area contributed by atoms with Crippen LogP contribution in [0.3, 0.4) is 0 Å². The number of nitrogens with zero attached hydrogens (tertiary/aromatic N) is 2. The van der Waals surface area contributed by atoms with E-state index in [1.807, 2.05) is 0 Å². The Morgan fingerprint density at radius 3 is 2.10 bits per heavy atom. The van der Waals surface area contributed by atoms with E-state index in [0.29, 0.717) is 15.8 Å². The van der Waals surface area contributed by atoms with E-state index in [1.165, 1.54) is 55.5 Å². The van der Waals surface area contributed by atoms with Crippen LogP contribution in [0.25, 0.3) is 0 Å². The number of rotatable bonds is 5. The normalized spacial score (nSPS) is 20.0. The fourth-order valence-electron chi connectivity index (χ4n) is 3.05. The van der Waals surface area contributed by atoms with Crippen LogP contribution < -0.4 is 10.5 Å². The summed E-state index contributed by atoms with van der Waals surface area (Å²) in [7, 11) is -4.32. The second-order valence-electron chi connectivity index (χ2n) is 6.73. The van der Waals surface area contributed by atoms with Gasteiger partial charge in [0.15, 0.2) is 0 Å². The number of hydrogen-bond acceptors (Lipinski definition) is 6. The van der Waals surface area contributed by atoms with Crippen molar-refractivity contribution in [3.05, 3.63) is 54.3 Å². The molecular formula is C19H20FN3O6S. The minimum atomic E-state index is -4.32. The van der Waals surface area contributed by atoms with Crippen molar-refractivity contribution in [2.45, 2.75) is 17.5 Å². The highest BCUT2D eigenvalue weighted by atomic mass is 32.2. The van der Waals surface area contributed by atoms with Gasteiger partial charge in [-0.2, -0.15) is 4.31 Å². The topological polar surface area (TPSA) is 130 Å². The average molecular weight is 437 g/mol. The molecule has 160 valence electrons. The van der Waals surface area contributed by atoms with Gasteiger partial charge in [-0.25, -0.2) is 12.8 Å². The fraction of sp³-hybridized carbons (Fsp3) is 0.263. The van der Waals surface area contributed by atoms with Gasteiger partial charge in [0.25, 0.3) is 5.91 Å². The van der Waals surface area contributed by atoms with Crippen LogP contribution in [0.1, 0.15) is 6.92 Å². The molecule has 1 unspecified atom stereocenters. The van der Waals surface area contributed by atoms with Crippen LogP contribution in [0.2, 0.25) is 0 Å². The Morgan fingerprint density at radius 2 is 1.60 bits per heavy atom. The Labute approximate surface area is 172 Å². The minimum absolute atomic E-state index is 0.00405. The first-order valence-electron chi connectivity index (χ1n) is 8.88. The minimum Gasteiger partial charge on any atom is -0.457 e. The summed E-state index contributed by atoms with van der Waals surface area (Å²) in [5.41, 5.74) is 2.69. The number of nitrogens with two attached hydrogens (primary N) is 1. The Morgan fingerprint density at radius 1 is 1.07 bits per heavy atom. The molecule has 1 aliphatic heterocycles. The number of halogens is 1. The number of ether oxygens (including phenoxy) is 1. The molecule has 0 spiro atoms. The lowest BCUT2D eigenvalue weighted by atomic mass is 10.1. The van der Waals surface area contributed by atoms with Crippen LogP contribution in [0, 0.1) is 5.82 Å². The molecule has 2 aromatic carbocycles. The maximum Gasteiger partial charge on any atom is 0.267 e. The van der Waals surface area contributed by atoms with Crippen molar-refractivity contribution in [2.24, 2.45) is 5.73 Å². The third kappa shape index (κ3) is 4.13. The number of carbonyl (C=O) groups excluding carboxylic acids is 2. The van der Waals surface area contributed by atoms with E-state index in [1.54, 1.807) is 0 Å². The van der Waals surface area contributed by atoms with Gasteiger partial charge in [-0.3, -0.25) is 9.59 Å². The van der Waals surface area contributed by atoms with Gasteiger partial charge < -0.3 is 20.5 Å². The molecule has 1 aliphatic rings. The molecule has 30 heavy (non-hydrogen) atoms. The van der Waals surface area contributed by atoms with E-state index in [0.717, 1.165) is 4.90 Å². The Kier molecular flexibility index (Phi) is 5.79. The van der Waals surface area contributed by atoms with Gasteiger partial charge in [-0.05, 0) is 48.5 Å². The van der Waals surface area contributed by atoms with Crippen molar-refractivity contribution in [3.8, 4) is 11.5 Å². The molecule has 0 radical (unpaired) electrons. The van der Waals surface area contributed by atoms with Crippen molar-refractivity contribution in [1.82, 2.24) is 9.21 Å². The maximum absolute atomic E-state index is 13.1. The van der Waals surface area contributed by atoms with Gasteiger partial charge in [0.05, 0.1) is 11.4 Å². The summed E-state index contributed by atoms with van der Waals surface area (Å²) in [6.45, 7) is 0.360. The average Bonchev–Trinajstić information content (AvgIpc) is 2.69. The Hall–Kier alpha value is -3.02. The van der Waals surface area contributed by atoms with E-state index in [4.69, 9.17) is 10.5 Å². The third-order valence-electron chi connectivity index (χ3n) is 4.70. The summed E-state index contributed by atoms with van der Waals surface area (Å²) in [5, 5.41) is 10.7. The number of benzene rings is 2. The van der Waals surface area contributed by atoms with E-state index >= 15 is 0 Å². The van der Waals surface area contributed by atoms with Crippen molar-refractivity contribution >= 4 is 21.8 Å². The van der Waals surface area contributed by atoms with E-state index in [2.05, 4.69) is 0 Å². The van der Waals surface area contributed by atoms with Crippen molar-refractivity contribution in [1.29, 1.82) is 0 Å². The Balaban J connectivity index is 1.86. The molecule has 0 bridgehead atoms. The molecule has 1 fully saturated rings. The van der Waals surface area contributed by atoms with Gasteiger partial charge in [0.1, 0.15) is 17.3 Å². The number of amides is 2. The molecule has 0 aliphatic carbocycles. The lowest BCUT2D eigenvalue weighted by Gasteiger charge is -2.44. The SMILES string of the molecule is CC(=O)N1CCN(S(=O)(=O)c2ccc(Oc3ccc(F)cc3)cc2)C(O)(C(N)=O)C1. The summed E-state index contributed by atoms with van der Waals surface area (Å²) in [6.07, 6.45) is 0. The highest BCUT2D eigenvalue weighted by Gasteiger charge is 2.51. The zero-order chi connectivity index (χ0) is 22.1. The van der Waals surface area contributed by atoms with Crippen molar-refractivity contribution in [2.75, 3.05) is 19.6 Å². The second-order valence-corrected chi connectivity index (χ2v) is 8.59. The summed E-state index contributed by atoms with van der Waals surface area (Å²) in [6, 6.07) is 10.5. The van der Waals surface area contributed by atoms with Crippen LogP contribution in [-0.4, -0.2) is 59.9 Å². The highest BCUT2D eigenvalue weighted by molar-refractivity contribution is 7.89. The zero-order valence-corrected chi connectivity index (χ0v) is 16.8. The molecule has 2 aromatic rings. The number of carbonyl (C=O) groups is 2. The lowest BCUT2D eigenvalue weighted by molar-refractivity contribution is -0.164. The van der Waals surface area contributed by atoms with E-state index in [9.17, 15) is 27.5 Å². The predicted octanol–water partition coefficient (Wildman–Crippen LogP) is 0.645. The Bertz CT molecular complexity index is 1060. The predicted molar refractivity (Wildman–Crippen MR) is 103 cm³/mol. The molecule has 9 nitrogen and oxygen atoms in total. The number of hydrogen-bond donors (Lipinski definition) is 2. The van der Waals surface area contributed by atoms with Gasteiger partial charge in [-0.15, -0.1) is 0 Å². The number of sulfonamides is 1. The molecule has 0 aromatic heterocycles. The first-order chi connectivity index (χ1) is 14.0. The number of aliphatic hydroxyl groups is 1. The van der Waals surface area contributed by atoms with Crippen molar-refractivity contribution in [3.63, 3.8) is 0 Å². The molecular weight excluding hydrogens is 417 g/mol. The molecule has 1 heterocycles. The first-order valence-corrected chi connectivity index (χ1v) is 10.3. The van der Waals surface area contributed by atoms with E-state index in [-0.39, 0.29) is 18.0 Å². The summed E-state index contributed by atoms with van der Waals surface area (Å²) < 4.78 is 45.2. The smallest absolute Gasteiger partial charge is 0.267 e. The summed E-state index contributed by atoms with van der Waals surface area (Å²) >= 11 is 0. The standard InChI is InChI=1S/C19H20FN3O6S/c1-13(24)22-10-11-23(19(26,12-22)18(21)25)30(27,28)17-8-6-16(7-9-17)29-15-4-2-14(20)3-5-15/h2-9,26H,10-12H2,1H3,(H2,21,25). The summed E-state index contributed by atoms with van der Waals surface area (Å²) in [4.78, 5) is 24.4. The van der Waals surface area contributed by atoms with Crippen LogP contribution in [0.15, 0.2) is 53.4 Å².